The first-order valence-corrected chi connectivity index (χ1v) is 9.11. The van der Waals surface area contributed by atoms with Crippen molar-refractivity contribution in [2.45, 2.75) is 6.54 Å². The van der Waals surface area contributed by atoms with Crippen LogP contribution in [0.25, 0.3) is 0 Å². The number of rotatable bonds is 6. The van der Waals surface area contributed by atoms with E-state index in [-0.39, 0.29) is 23.8 Å². The highest BCUT2D eigenvalue weighted by atomic mass is 19.1. The maximum atomic E-state index is 13.7. The second-order valence-corrected chi connectivity index (χ2v) is 6.57. The highest BCUT2D eigenvalue weighted by molar-refractivity contribution is 5.91. The van der Waals surface area contributed by atoms with Crippen LogP contribution in [-0.4, -0.2) is 61.6 Å². The molecule has 0 atom stereocenters. The Kier molecular flexibility index (Phi) is 6.60. The van der Waals surface area contributed by atoms with Crippen LogP contribution in [0.2, 0.25) is 0 Å². The topological polar surface area (TPSA) is 59.1 Å². The van der Waals surface area contributed by atoms with Gasteiger partial charge in [0.05, 0.1) is 12.7 Å². The van der Waals surface area contributed by atoms with Crippen LogP contribution in [-0.2, 0) is 16.1 Å². The van der Waals surface area contributed by atoms with Gasteiger partial charge >= 0.3 is 5.97 Å². The predicted molar refractivity (Wildman–Crippen MR) is 102 cm³/mol. The van der Waals surface area contributed by atoms with Gasteiger partial charge in [0.2, 0.25) is 0 Å². The maximum Gasteiger partial charge on any atom is 0.338 e. The summed E-state index contributed by atoms with van der Waals surface area (Å²) >= 11 is 0. The lowest BCUT2D eigenvalue weighted by atomic mass is 10.2. The van der Waals surface area contributed by atoms with Gasteiger partial charge in [-0.25, -0.2) is 9.18 Å². The van der Waals surface area contributed by atoms with Gasteiger partial charge < -0.3 is 14.4 Å². The predicted octanol–water partition coefficient (Wildman–Crippen LogP) is 2.34. The van der Waals surface area contributed by atoms with Crippen LogP contribution in [0.15, 0.2) is 48.5 Å². The Labute approximate surface area is 163 Å². The van der Waals surface area contributed by atoms with Crippen molar-refractivity contribution < 1.29 is 23.5 Å². The van der Waals surface area contributed by atoms with Gasteiger partial charge in [-0.05, 0) is 23.8 Å². The van der Waals surface area contributed by atoms with Crippen molar-refractivity contribution >= 4 is 11.9 Å². The molecule has 1 aliphatic rings. The Hall–Kier alpha value is -2.93. The van der Waals surface area contributed by atoms with Crippen LogP contribution < -0.4 is 4.74 Å². The van der Waals surface area contributed by atoms with Crippen LogP contribution >= 0.6 is 0 Å². The third-order valence-electron chi connectivity index (χ3n) is 4.69. The SMILES string of the molecule is COc1ccc(C(=O)OCC(=O)N2CCN(Cc3ccccc3)CC2)cc1F. The smallest absolute Gasteiger partial charge is 0.338 e. The van der Waals surface area contributed by atoms with Crippen molar-refractivity contribution in [1.29, 1.82) is 0 Å². The molecule has 0 radical (unpaired) electrons. The number of benzene rings is 2. The van der Waals surface area contributed by atoms with Gasteiger partial charge in [-0.3, -0.25) is 9.69 Å². The number of hydrogen-bond acceptors (Lipinski definition) is 5. The van der Waals surface area contributed by atoms with Crippen LogP contribution in [0.5, 0.6) is 5.75 Å². The zero-order valence-electron chi connectivity index (χ0n) is 15.8. The minimum atomic E-state index is -0.738. The monoisotopic (exact) mass is 386 g/mol. The molecule has 2 aromatic rings. The molecule has 1 fully saturated rings. The van der Waals surface area contributed by atoms with Gasteiger partial charge in [-0.15, -0.1) is 0 Å². The number of halogens is 1. The molecule has 0 N–H and O–H groups in total. The summed E-state index contributed by atoms with van der Waals surface area (Å²) in [5, 5.41) is 0. The summed E-state index contributed by atoms with van der Waals surface area (Å²) in [6, 6.07) is 14.0. The van der Waals surface area contributed by atoms with E-state index in [9.17, 15) is 14.0 Å². The molecular weight excluding hydrogens is 363 g/mol. The quantitative estimate of drug-likeness (QED) is 0.714. The molecule has 1 heterocycles. The Morgan fingerprint density at radius 1 is 1.04 bits per heavy atom. The van der Waals surface area contributed by atoms with Crippen molar-refractivity contribution in [2.75, 3.05) is 39.9 Å². The lowest BCUT2D eigenvalue weighted by Gasteiger charge is -2.34. The van der Waals surface area contributed by atoms with E-state index in [0.29, 0.717) is 13.1 Å². The molecular formula is C21H23FN2O4. The molecule has 0 aliphatic carbocycles. The van der Waals surface area contributed by atoms with Crippen LogP contribution in [0.3, 0.4) is 0 Å². The average Bonchev–Trinajstić information content (AvgIpc) is 2.73. The first-order valence-electron chi connectivity index (χ1n) is 9.11. The van der Waals surface area contributed by atoms with Gasteiger partial charge in [0.25, 0.3) is 5.91 Å². The van der Waals surface area contributed by atoms with Gasteiger partial charge in [-0.1, -0.05) is 30.3 Å². The summed E-state index contributed by atoms with van der Waals surface area (Å²) in [5.74, 6) is -1.60. The lowest BCUT2D eigenvalue weighted by molar-refractivity contribution is -0.136. The minimum absolute atomic E-state index is 0.0405. The Morgan fingerprint density at radius 3 is 2.39 bits per heavy atom. The zero-order valence-corrected chi connectivity index (χ0v) is 15.8. The fraction of sp³-hybridized carbons (Fsp3) is 0.333. The molecule has 0 saturated carbocycles. The third-order valence-corrected chi connectivity index (χ3v) is 4.69. The third kappa shape index (κ3) is 5.07. The van der Waals surface area contributed by atoms with Crippen LogP contribution in [0.1, 0.15) is 15.9 Å². The Morgan fingerprint density at radius 2 is 1.75 bits per heavy atom. The minimum Gasteiger partial charge on any atom is -0.494 e. The lowest BCUT2D eigenvalue weighted by Crippen LogP contribution is -2.49. The van der Waals surface area contributed by atoms with Crippen molar-refractivity contribution in [2.24, 2.45) is 0 Å². The molecule has 0 bridgehead atoms. The van der Waals surface area contributed by atoms with E-state index in [2.05, 4.69) is 17.0 Å². The largest absolute Gasteiger partial charge is 0.494 e. The number of hydrogen-bond donors (Lipinski definition) is 0. The maximum absolute atomic E-state index is 13.7. The molecule has 2 aromatic carbocycles. The molecule has 1 aliphatic heterocycles. The van der Waals surface area contributed by atoms with Crippen molar-refractivity contribution in [3.8, 4) is 5.75 Å². The van der Waals surface area contributed by atoms with E-state index in [4.69, 9.17) is 9.47 Å². The Bertz CT molecular complexity index is 820. The van der Waals surface area contributed by atoms with E-state index in [1.165, 1.54) is 24.8 Å². The molecule has 1 amide bonds. The fourth-order valence-corrected chi connectivity index (χ4v) is 3.09. The van der Waals surface area contributed by atoms with E-state index < -0.39 is 11.8 Å². The molecule has 6 nitrogen and oxygen atoms in total. The molecule has 0 unspecified atom stereocenters. The number of methoxy groups -OCH3 is 1. The standard InChI is InChI=1S/C21H23FN2O4/c1-27-19-8-7-17(13-18(19)22)21(26)28-15-20(25)24-11-9-23(10-12-24)14-16-5-3-2-4-6-16/h2-8,13H,9-12,14-15H2,1H3. The van der Waals surface area contributed by atoms with Crippen molar-refractivity contribution in [1.82, 2.24) is 9.80 Å². The summed E-state index contributed by atoms with van der Waals surface area (Å²) < 4.78 is 23.5. The van der Waals surface area contributed by atoms with E-state index >= 15 is 0 Å². The summed E-state index contributed by atoms with van der Waals surface area (Å²) in [6.07, 6.45) is 0. The number of esters is 1. The molecule has 0 aromatic heterocycles. The molecule has 3 rings (SSSR count). The van der Waals surface area contributed by atoms with E-state index in [1.54, 1.807) is 4.90 Å². The molecule has 7 heteroatoms. The number of carbonyl (C=O) groups is 2. The van der Waals surface area contributed by atoms with Crippen molar-refractivity contribution in [3.05, 3.63) is 65.5 Å². The summed E-state index contributed by atoms with van der Waals surface area (Å²) in [5.41, 5.74) is 1.28. The summed E-state index contributed by atoms with van der Waals surface area (Å²) in [7, 11) is 1.34. The van der Waals surface area contributed by atoms with E-state index in [0.717, 1.165) is 25.7 Å². The number of amides is 1. The molecule has 1 saturated heterocycles. The van der Waals surface area contributed by atoms with Crippen molar-refractivity contribution in [3.63, 3.8) is 0 Å². The highest BCUT2D eigenvalue weighted by Crippen LogP contribution is 2.18. The summed E-state index contributed by atoms with van der Waals surface area (Å²) in [6.45, 7) is 3.18. The van der Waals surface area contributed by atoms with E-state index in [1.807, 2.05) is 18.2 Å². The van der Waals surface area contributed by atoms with Crippen LogP contribution in [0, 0.1) is 5.82 Å². The molecule has 28 heavy (non-hydrogen) atoms. The molecule has 148 valence electrons. The first-order chi connectivity index (χ1) is 13.6. The number of nitrogens with zero attached hydrogens (tertiary/aromatic N) is 2. The van der Waals surface area contributed by atoms with Gasteiger partial charge in [-0.2, -0.15) is 0 Å². The van der Waals surface area contributed by atoms with Gasteiger partial charge in [0.15, 0.2) is 18.2 Å². The number of carbonyl (C=O) groups excluding carboxylic acids is 2. The average molecular weight is 386 g/mol. The molecule has 0 spiro atoms. The van der Waals surface area contributed by atoms with Gasteiger partial charge in [0.1, 0.15) is 0 Å². The highest BCUT2D eigenvalue weighted by Gasteiger charge is 2.22. The van der Waals surface area contributed by atoms with Crippen LogP contribution in [0.4, 0.5) is 4.39 Å². The normalized spacial score (nSPS) is 14.6. The zero-order chi connectivity index (χ0) is 19.9. The Balaban J connectivity index is 1.44. The van der Waals surface area contributed by atoms with Gasteiger partial charge in [0, 0.05) is 32.7 Å². The number of piperazine rings is 1. The second kappa shape index (κ2) is 9.32. The summed E-state index contributed by atoms with van der Waals surface area (Å²) in [4.78, 5) is 28.3. The first kappa shape index (κ1) is 19.8. The fourth-order valence-electron chi connectivity index (χ4n) is 3.09. The number of ether oxygens (including phenoxy) is 2. The second-order valence-electron chi connectivity index (χ2n) is 6.57.